The topological polar surface area (TPSA) is 49.8 Å². The Kier molecular flexibility index (Phi) is 3.73. The van der Waals surface area contributed by atoms with E-state index >= 15 is 0 Å². The quantitative estimate of drug-likeness (QED) is 0.841. The molecule has 0 saturated heterocycles. The second-order valence-electron chi connectivity index (χ2n) is 2.81. The van der Waals surface area contributed by atoms with Gasteiger partial charge in [-0.05, 0) is 18.6 Å². The molecule has 0 aromatic carbocycles. The Balaban J connectivity index is 2.78. The average Bonchev–Trinajstić information content (AvgIpc) is 2.54. The van der Waals surface area contributed by atoms with Gasteiger partial charge < -0.3 is 5.73 Å². The van der Waals surface area contributed by atoms with Crippen molar-refractivity contribution in [2.75, 3.05) is 0 Å². The predicted molar refractivity (Wildman–Crippen MR) is 55.7 cm³/mol. The van der Waals surface area contributed by atoms with Gasteiger partial charge in [-0.15, -0.1) is 11.3 Å². The first-order valence-electron chi connectivity index (χ1n) is 4.09. The zero-order valence-corrected chi connectivity index (χ0v) is 8.90. The molecule has 2 atom stereocenters. The van der Waals surface area contributed by atoms with Crippen LogP contribution in [0.1, 0.15) is 24.3 Å². The highest BCUT2D eigenvalue weighted by molar-refractivity contribution is 7.16. The lowest BCUT2D eigenvalue weighted by Gasteiger charge is -2.13. The second-order valence-corrected chi connectivity index (χ2v) is 4.56. The number of halogens is 1. The molecule has 0 bridgehead atoms. The number of hydrogen-bond donors (Lipinski definition) is 1. The molecule has 0 fully saturated rings. The van der Waals surface area contributed by atoms with E-state index in [1.807, 2.05) is 19.1 Å². The van der Waals surface area contributed by atoms with Crippen molar-refractivity contribution in [3.63, 3.8) is 0 Å². The van der Waals surface area contributed by atoms with Crippen molar-refractivity contribution >= 4 is 22.9 Å². The highest BCUT2D eigenvalue weighted by Crippen LogP contribution is 2.30. The largest absolute Gasteiger partial charge is 0.322 e. The van der Waals surface area contributed by atoms with Crippen LogP contribution >= 0.6 is 22.9 Å². The van der Waals surface area contributed by atoms with Crippen molar-refractivity contribution < 1.29 is 0 Å². The lowest BCUT2D eigenvalue weighted by atomic mass is 9.98. The van der Waals surface area contributed by atoms with Crippen LogP contribution in [0.3, 0.4) is 0 Å². The summed E-state index contributed by atoms with van der Waals surface area (Å²) in [7, 11) is 0. The van der Waals surface area contributed by atoms with Crippen LogP contribution in [0, 0.1) is 17.2 Å². The first kappa shape index (κ1) is 10.5. The number of rotatable bonds is 3. The maximum absolute atomic E-state index is 8.81. The molecular weight excluding hydrogens is 204 g/mol. The molecule has 70 valence electrons. The number of nitriles is 1. The first-order chi connectivity index (χ1) is 6.19. The molecule has 0 aliphatic heterocycles. The van der Waals surface area contributed by atoms with Gasteiger partial charge >= 0.3 is 0 Å². The van der Waals surface area contributed by atoms with Crippen LogP contribution in [-0.2, 0) is 0 Å². The van der Waals surface area contributed by atoms with Gasteiger partial charge in [-0.25, -0.2) is 0 Å². The first-order valence-corrected chi connectivity index (χ1v) is 5.29. The van der Waals surface area contributed by atoms with Crippen LogP contribution in [0.5, 0.6) is 0 Å². The minimum Gasteiger partial charge on any atom is -0.322 e. The van der Waals surface area contributed by atoms with Gasteiger partial charge in [0, 0.05) is 4.88 Å². The van der Waals surface area contributed by atoms with Gasteiger partial charge in [0.25, 0.3) is 0 Å². The molecule has 13 heavy (non-hydrogen) atoms. The fourth-order valence-corrected chi connectivity index (χ4v) is 2.26. The Hall–Kier alpha value is -0.560. The number of thiophene rings is 1. The summed E-state index contributed by atoms with van der Waals surface area (Å²) in [6.07, 6.45) is 0.771. The second kappa shape index (κ2) is 4.61. The van der Waals surface area contributed by atoms with Crippen LogP contribution in [0.2, 0.25) is 4.34 Å². The molecule has 2 N–H and O–H groups in total. The van der Waals surface area contributed by atoms with Gasteiger partial charge in [0.2, 0.25) is 0 Å². The monoisotopic (exact) mass is 214 g/mol. The molecule has 0 radical (unpaired) electrons. The van der Waals surface area contributed by atoms with Gasteiger partial charge in [-0.2, -0.15) is 5.26 Å². The molecule has 0 spiro atoms. The molecule has 1 heterocycles. The zero-order valence-electron chi connectivity index (χ0n) is 7.33. The van der Waals surface area contributed by atoms with Crippen molar-refractivity contribution in [2.45, 2.75) is 19.4 Å². The Morgan fingerprint density at radius 1 is 1.69 bits per heavy atom. The van der Waals surface area contributed by atoms with Gasteiger partial charge in [-0.1, -0.05) is 18.5 Å². The molecule has 0 saturated carbocycles. The van der Waals surface area contributed by atoms with Crippen LogP contribution in [0.15, 0.2) is 12.1 Å². The van der Waals surface area contributed by atoms with Crippen LogP contribution < -0.4 is 5.73 Å². The third kappa shape index (κ3) is 2.44. The summed E-state index contributed by atoms with van der Waals surface area (Å²) in [5.41, 5.74) is 5.90. The number of nitrogens with zero attached hydrogens (tertiary/aromatic N) is 1. The Morgan fingerprint density at radius 2 is 2.38 bits per heavy atom. The predicted octanol–water partition coefficient (Wildman–Crippen LogP) is 2.95. The summed E-state index contributed by atoms with van der Waals surface area (Å²) in [6, 6.07) is 5.69. The molecule has 1 aromatic rings. The molecule has 2 nitrogen and oxygen atoms in total. The van der Waals surface area contributed by atoms with Gasteiger partial charge in [0.15, 0.2) is 0 Å². The smallest absolute Gasteiger partial charge is 0.0931 e. The van der Waals surface area contributed by atoms with Crippen molar-refractivity contribution in [2.24, 2.45) is 11.7 Å². The number of hydrogen-bond acceptors (Lipinski definition) is 3. The van der Waals surface area contributed by atoms with Crippen molar-refractivity contribution in [1.82, 2.24) is 0 Å². The average molecular weight is 215 g/mol. The van der Waals surface area contributed by atoms with E-state index in [9.17, 15) is 0 Å². The summed E-state index contributed by atoms with van der Waals surface area (Å²) in [5.74, 6) is -0.116. The minimum absolute atomic E-state index is 0.116. The molecule has 0 amide bonds. The summed E-state index contributed by atoms with van der Waals surface area (Å²) < 4.78 is 0.721. The van der Waals surface area contributed by atoms with Gasteiger partial charge in [0.05, 0.1) is 22.4 Å². The van der Waals surface area contributed by atoms with Crippen LogP contribution in [-0.4, -0.2) is 0 Å². The number of nitrogens with two attached hydrogens (primary N) is 1. The van der Waals surface area contributed by atoms with E-state index in [2.05, 4.69) is 6.07 Å². The molecule has 1 rings (SSSR count). The molecule has 0 aliphatic rings. The summed E-state index contributed by atoms with van der Waals surface area (Å²) in [6.45, 7) is 1.96. The molecule has 4 heteroatoms. The molecular formula is C9H11ClN2S. The van der Waals surface area contributed by atoms with E-state index in [0.717, 1.165) is 15.6 Å². The lowest BCUT2D eigenvalue weighted by molar-refractivity contribution is 0.524. The van der Waals surface area contributed by atoms with Gasteiger partial charge in [0.1, 0.15) is 0 Å². The van der Waals surface area contributed by atoms with Crippen LogP contribution in [0.25, 0.3) is 0 Å². The zero-order chi connectivity index (χ0) is 9.84. The lowest BCUT2D eigenvalue weighted by Crippen LogP contribution is -2.18. The summed E-state index contributed by atoms with van der Waals surface area (Å²) >= 11 is 7.22. The highest BCUT2D eigenvalue weighted by Gasteiger charge is 2.18. The SMILES string of the molecule is CCC(C#N)C(N)c1ccc(Cl)s1. The van der Waals surface area contributed by atoms with E-state index in [1.54, 1.807) is 0 Å². The van der Waals surface area contributed by atoms with E-state index < -0.39 is 0 Å². The Morgan fingerprint density at radius 3 is 2.77 bits per heavy atom. The highest BCUT2D eigenvalue weighted by atomic mass is 35.5. The van der Waals surface area contributed by atoms with E-state index in [-0.39, 0.29) is 12.0 Å². The fraction of sp³-hybridized carbons (Fsp3) is 0.444. The van der Waals surface area contributed by atoms with E-state index in [4.69, 9.17) is 22.6 Å². The minimum atomic E-state index is -0.201. The van der Waals surface area contributed by atoms with Crippen molar-refractivity contribution in [1.29, 1.82) is 5.26 Å². The van der Waals surface area contributed by atoms with E-state index in [1.165, 1.54) is 11.3 Å². The maximum atomic E-state index is 8.81. The standard InChI is InChI=1S/C9H11ClN2S/c1-2-6(5-11)9(12)7-3-4-8(10)13-7/h3-4,6,9H,2,12H2,1H3. The third-order valence-electron chi connectivity index (χ3n) is 1.96. The molecule has 0 aliphatic carbocycles. The summed E-state index contributed by atoms with van der Waals surface area (Å²) in [5, 5.41) is 8.81. The molecule has 1 aromatic heterocycles. The Bertz CT molecular complexity index is 316. The summed E-state index contributed by atoms with van der Waals surface area (Å²) in [4.78, 5) is 0.985. The van der Waals surface area contributed by atoms with Crippen LogP contribution in [0.4, 0.5) is 0 Å². The van der Waals surface area contributed by atoms with Crippen molar-refractivity contribution in [3.05, 3.63) is 21.3 Å². The fourth-order valence-electron chi connectivity index (χ4n) is 1.13. The van der Waals surface area contributed by atoms with Crippen molar-refractivity contribution in [3.8, 4) is 6.07 Å². The van der Waals surface area contributed by atoms with Gasteiger partial charge in [-0.3, -0.25) is 0 Å². The normalized spacial score (nSPS) is 14.9. The van der Waals surface area contributed by atoms with E-state index in [0.29, 0.717) is 0 Å². The third-order valence-corrected chi connectivity index (χ3v) is 3.29. The Labute approximate surface area is 86.9 Å². The maximum Gasteiger partial charge on any atom is 0.0931 e. The molecule has 2 unspecified atom stereocenters.